The summed E-state index contributed by atoms with van der Waals surface area (Å²) < 4.78 is 18.0. The Morgan fingerprint density at radius 2 is 2.00 bits per heavy atom. The van der Waals surface area contributed by atoms with Crippen LogP contribution in [-0.4, -0.2) is 41.1 Å². The van der Waals surface area contributed by atoms with Gasteiger partial charge in [-0.2, -0.15) is 0 Å². The summed E-state index contributed by atoms with van der Waals surface area (Å²) in [6, 6.07) is 6.49. The van der Waals surface area contributed by atoms with Crippen LogP contribution < -0.4 is 11.1 Å². The predicted octanol–water partition coefficient (Wildman–Crippen LogP) is 0.973. The van der Waals surface area contributed by atoms with Crippen LogP contribution in [-0.2, 0) is 0 Å². The summed E-state index contributed by atoms with van der Waals surface area (Å²) in [5.41, 5.74) is 5.84. The molecule has 0 aliphatic carbocycles. The highest BCUT2D eigenvalue weighted by molar-refractivity contribution is 5.93. The molecule has 0 saturated carbocycles. The molecule has 2 aromatic rings. The van der Waals surface area contributed by atoms with E-state index in [0.29, 0.717) is 24.4 Å². The number of aromatic nitrogens is 1. The first-order chi connectivity index (χ1) is 10.5. The van der Waals surface area contributed by atoms with Gasteiger partial charge in [-0.05, 0) is 24.3 Å². The number of carbonyl (C=O) groups excluding carboxylic acids is 2. The monoisotopic (exact) mass is 304 g/mol. The number of urea groups is 1. The summed E-state index contributed by atoms with van der Waals surface area (Å²) in [4.78, 5) is 24.3. The molecule has 1 aliphatic heterocycles. The molecule has 0 atom stereocenters. The minimum Gasteiger partial charge on any atom is -0.355 e. The molecule has 0 spiro atoms. The average molecular weight is 304 g/mol. The lowest BCUT2D eigenvalue weighted by molar-refractivity contribution is 0.0852. The molecule has 22 heavy (non-hydrogen) atoms. The number of carbonyl (C=O) groups is 2. The highest BCUT2D eigenvalue weighted by Crippen LogP contribution is 2.20. The zero-order valence-corrected chi connectivity index (χ0v) is 11.5. The zero-order valence-electron chi connectivity index (χ0n) is 11.5. The van der Waals surface area contributed by atoms with Crippen LogP contribution in [0.2, 0.25) is 0 Å². The van der Waals surface area contributed by atoms with Crippen LogP contribution in [0.1, 0.15) is 10.5 Å². The van der Waals surface area contributed by atoms with Crippen molar-refractivity contribution in [1.29, 1.82) is 0 Å². The maximum atomic E-state index is 12.9. The highest BCUT2D eigenvalue weighted by Gasteiger charge is 2.31. The van der Waals surface area contributed by atoms with E-state index in [1.54, 1.807) is 0 Å². The number of rotatable bonds is 3. The average Bonchev–Trinajstić information content (AvgIpc) is 2.92. The summed E-state index contributed by atoms with van der Waals surface area (Å²) in [6.07, 6.45) is 0. The Hall–Kier alpha value is -2.90. The first-order valence-corrected chi connectivity index (χ1v) is 6.61. The van der Waals surface area contributed by atoms with Crippen molar-refractivity contribution in [3.8, 4) is 11.3 Å². The summed E-state index contributed by atoms with van der Waals surface area (Å²) in [5.74, 6) is -0.381. The normalized spacial score (nSPS) is 14.5. The molecule has 1 aromatic carbocycles. The van der Waals surface area contributed by atoms with Crippen molar-refractivity contribution in [3.63, 3.8) is 0 Å². The molecule has 3 amide bonds. The molecule has 0 unspecified atom stereocenters. The van der Waals surface area contributed by atoms with Gasteiger partial charge in [0.1, 0.15) is 5.82 Å². The van der Waals surface area contributed by atoms with Crippen molar-refractivity contribution in [3.05, 3.63) is 41.8 Å². The van der Waals surface area contributed by atoms with E-state index in [-0.39, 0.29) is 17.6 Å². The molecule has 3 rings (SSSR count). The van der Waals surface area contributed by atoms with Gasteiger partial charge in [-0.3, -0.25) is 4.79 Å². The Morgan fingerprint density at radius 1 is 1.32 bits per heavy atom. The number of likely N-dealkylation sites (tertiary alicyclic amines) is 1. The van der Waals surface area contributed by atoms with E-state index in [0.717, 1.165) is 0 Å². The van der Waals surface area contributed by atoms with Crippen LogP contribution in [0, 0.1) is 5.82 Å². The number of nitrogens with one attached hydrogen (secondary N) is 1. The van der Waals surface area contributed by atoms with Crippen molar-refractivity contribution in [1.82, 2.24) is 15.4 Å². The predicted molar refractivity (Wildman–Crippen MR) is 74.3 cm³/mol. The molecule has 0 bridgehead atoms. The van der Waals surface area contributed by atoms with E-state index in [2.05, 4.69) is 10.5 Å². The van der Waals surface area contributed by atoms with Crippen molar-refractivity contribution in [2.75, 3.05) is 13.1 Å². The number of amides is 3. The zero-order chi connectivity index (χ0) is 15.7. The highest BCUT2D eigenvalue weighted by atomic mass is 19.1. The third-order valence-electron chi connectivity index (χ3n) is 3.40. The summed E-state index contributed by atoms with van der Waals surface area (Å²) in [7, 11) is 0. The molecule has 0 radical (unpaired) electrons. The second kappa shape index (κ2) is 5.47. The van der Waals surface area contributed by atoms with Crippen LogP contribution in [0.3, 0.4) is 0 Å². The lowest BCUT2D eigenvalue weighted by Crippen LogP contribution is -2.62. The minimum absolute atomic E-state index is 0.122. The second-order valence-electron chi connectivity index (χ2n) is 5.00. The first-order valence-electron chi connectivity index (χ1n) is 6.61. The SMILES string of the molecule is NC(=O)N1CC(NC(=O)c2cc(-c3ccc(F)cc3)on2)C1. The second-order valence-corrected chi connectivity index (χ2v) is 5.00. The van der Waals surface area contributed by atoms with E-state index in [1.807, 2.05) is 0 Å². The standard InChI is InChI=1S/C14H13FN4O3/c15-9-3-1-8(2-4-9)12-5-11(18-22-12)13(20)17-10-6-19(7-10)14(16)21/h1-5,10H,6-7H2,(H2,16,21)(H,17,20). The number of nitrogens with two attached hydrogens (primary N) is 1. The van der Waals surface area contributed by atoms with Crippen LogP contribution in [0.25, 0.3) is 11.3 Å². The van der Waals surface area contributed by atoms with E-state index in [9.17, 15) is 14.0 Å². The topological polar surface area (TPSA) is 101 Å². The molecule has 1 fully saturated rings. The van der Waals surface area contributed by atoms with E-state index < -0.39 is 11.9 Å². The van der Waals surface area contributed by atoms with Gasteiger partial charge in [0.2, 0.25) is 0 Å². The summed E-state index contributed by atoms with van der Waals surface area (Å²) in [6.45, 7) is 0.757. The number of benzene rings is 1. The fraction of sp³-hybridized carbons (Fsp3) is 0.214. The quantitative estimate of drug-likeness (QED) is 0.882. The molecule has 3 N–H and O–H groups in total. The van der Waals surface area contributed by atoms with Gasteiger partial charge in [0.25, 0.3) is 5.91 Å². The molecule has 1 aliphatic rings. The Morgan fingerprint density at radius 3 is 2.64 bits per heavy atom. The number of hydrogen-bond donors (Lipinski definition) is 2. The molecule has 2 heterocycles. The lowest BCUT2D eigenvalue weighted by Gasteiger charge is -2.37. The molecular weight excluding hydrogens is 291 g/mol. The number of nitrogens with zero attached hydrogens (tertiary/aromatic N) is 2. The minimum atomic E-state index is -0.509. The first kappa shape index (κ1) is 14.1. The van der Waals surface area contributed by atoms with Crippen molar-refractivity contribution in [2.45, 2.75) is 6.04 Å². The third-order valence-corrected chi connectivity index (χ3v) is 3.40. The fourth-order valence-corrected chi connectivity index (χ4v) is 2.14. The fourth-order valence-electron chi connectivity index (χ4n) is 2.14. The van der Waals surface area contributed by atoms with Gasteiger partial charge in [-0.25, -0.2) is 9.18 Å². The van der Waals surface area contributed by atoms with Crippen LogP contribution in [0.5, 0.6) is 0 Å². The maximum Gasteiger partial charge on any atom is 0.314 e. The van der Waals surface area contributed by atoms with Crippen molar-refractivity contribution >= 4 is 11.9 Å². The number of hydrogen-bond acceptors (Lipinski definition) is 4. The van der Waals surface area contributed by atoms with Crippen LogP contribution in [0.15, 0.2) is 34.9 Å². The Kier molecular flexibility index (Phi) is 3.50. The maximum absolute atomic E-state index is 12.9. The smallest absolute Gasteiger partial charge is 0.314 e. The van der Waals surface area contributed by atoms with Gasteiger partial charge in [0.15, 0.2) is 11.5 Å². The third kappa shape index (κ3) is 2.76. The van der Waals surface area contributed by atoms with Crippen molar-refractivity contribution < 1.29 is 18.5 Å². The van der Waals surface area contributed by atoms with Gasteiger partial charge in [0, 0.05) is 24.7 Å². The largest absolute Gasteiger partial charge is 0.355 e. The Balaban J connectivity index is 1.63. The van der Waals surface area contributed by atoms with Gasteiger partial charge in [-0.15, -0.1) is 0 Å². The molecule has 114 valence electrons. The molecule has 1 saturated heterocycles. The van der Waals surface area contributed by atoms with E-state index in [4.69, 9.17) is 10.3 Å². The van der Waals surface area contributed by atoms with Gasteiger partial charge in [0.05, 0.1) is 6.04 Å². The Labute approximate surface area is 124 Å². The van der Waals surface area contributed by atoms with E-state index >= 15 is 0 Å². The van der Waals surface area contributed by atoms with Crippen molar-refractivity contribution in [2.24, 2.45) is 5.73 Å². The molecule has 7 nitrogen and oxygen atoms in total. The molecule has 8 heteroatoms. The Bertz CT molecular complexity index is 707. The van der Waals surface area contributed by atoms with Crippen LogP contribution in [0.4, 0.5) is 9.18 Å². The van der Waals surface area contributed by atoms with Crippen LogP contribution >= 0.6 is 0 Å². The number of halogens is 1. The molecule has 1 aromatic heterocycles. The van der Waals surface area contributed by atoms with Gasteiger partial charge in [-0.1, -0.05) is 5.16 Å². The number of primary amides is 1. The van der Waals surface area contributed by atoms with Gasteiger partial charge >= 0.3 is 6.03 Å². The summed E-state index contributed by atoms with van der Waals surface area (Å²) in [5, 5.41) is 6.42. The summed E-state index contributed by atoms with van der Waals surface area (Å²) >= 11 is 0. The van der Waals surface area contributed by atoms with Gasteiger partial charge < -0.3 is 20.5 Å². The van der Waals surface area contributed by atoms with E-state index in [1.165, 1.54) is 35.2 Å². The molecular formula is C14H13FN4O3. The lowest BCUT2D eigenvalue weighted by atomic mass is 10.1.